The van der Waals surface area contributed by atoms with E-state index < -0.39 is 0 Å². The Hall–Kier alpha value is -1.24. The monoisotopic (exact) mass is 422 g/mol. The molecule has 0 aliphatic heterocycles. The minimum absolute atomic E-state index is 0.504. The molecule has 4 aromatic rings. The van der Waals surface area contributed by atoms with Gasteiger partial charge in [0.1, 0.15) is 5.15 Å². The van der Waals surface area contributed by atoms with Gasteiger partial charge in [0.15, 0.2) is 5.82 Å². The van der Waals surface area contributed by atoms with Crippen molar-refractivity contribution in [3.63, 3.8) is 0 Å². The normalized spacial score (nSPS) is 11.3. The van der Waals surface area contributed by atoms with Crippen molar-refractivity contribution in [2.75, 3.05) is 0 Å². The molecule has 102 valence electrons. The van der Waals surface area contributed by atoms with Gasteiger partial charge in [-0.2, -0.15) is 0 Å². The maximum absolute atomic E-state index is 6.35. The van der Waals surface area contributed by atoms with Crippen molar-refractivity contribution in [3.8, 4) is 11.4 Å². The molecule has 2 nitrogen and oxygen atoms in total. The summed E-state index contributed by atoms with van der Waals surface area (Å²) >= 11 is 10.3. The highest BCUT2D eigenvalue weighted by Crippen LogP contribution is 2.34. The Morgan fingerprint density at radius 3 is 2.76 bits per heavy atom. The van der Waals surface area contributed by atoms with E-state index in [2.05, 4.69) is 50.1 Å². The Labute approximate surface area is 143 Å². The van der Waals surface area contributed by atoms with Crippen LogP contribution in [0.5, 0.6) is 0 Å². The van der Waals surface area contributed by atoms with Gasteiger partial charge in [-0.1, -0.05) is 29.8 Å². The summed E-state index contributed by atoms with van der Waals surface area (Å²) in [7, 11) is 0. The SMILES string of the molecule is Clc1nc(-c2csc3ccccc23)nc2ccc(I)cc12. The van der Waals surface area contributed by atoms with Crippen LogP contribution in [0.2, 0.25) is 5.15 Å². The number of aromatic nitrogens is 2. The molecule has 0 amide bonds. The van der Waals surface area contributed by atoms with Crippen molar-refractivity contribution in [2.45, 2.75) is 0 Å². The summed E-state index contributed by atoms with van der Waals surface area (Å²) in [6.07, 6.45) is 0. The molecule has 4 rings (SSSR count). The second-order valence-corrected chi connectivity index (χ2v) is 7.16. The van der Waals surface area contributed by atoms with E-state index in [1.807, 2.05) is 30.3 Å². The highest BCUT2D eigenvalue weighted by Gasteiger charge is 2.12. The van der Waals surface area contributed by atoms with Crippen molar-refractivity contribution >= 4 is 66.5 Å². The molecule has 2 aromatic carbocycles. The van der Waals surface area contributed by atoms with Crippen molar-refractivity contribution < 1.29 is 0 Å². The van der Waals surface area contributed by atoms with Crippen molar-refractivity contribution in [2.24, 2.45) is 0 Å². The van der Waals surface area contributed by atoms with Crippen LogP contribution in [0.3, 0.4) is 0 Å². The fourth-order valence-electron chi connectivity index (χ4n) is 2.33. The number of nitrogens with zero attached hydrogens (tertiary/aromatic N) is 2. The summed E-state index contributed by atoms with van der Waals surface area (Å²) in [6, 6.07) is 14.3. The van der Waals surface area contributed by atoms with Gasteiger partial charge in [-0.15, -0.1) is 11.3 Å². The topological polar surface area (TPSA) is 25.8 Å². The number of hydrogen-bond acceptors (Lipinski definition) is 3. The Balaban J connectivity index is 2.00. The van der Waals surface area contributed by atoms with Crippen LogP contribution in [0, 0.1) is 3.57 Å². The fourth-order valence-corrected chi connectivity index (χ4v) is 4.00. The van der Waals surface area contributed by atoms with Gasteiger partial charge < -0.3 is 0 Å². The molecule has 5 heteroatoms. The fraction of sp³-hybridized carbons (Fsp3) is 0. The van der Waals surface area contributed by atoms with E-state index in [0.717, 1.165) is 20.0 Å². The van der Waals surface area contributed by atoms with Gasteiger partial charge in [-0.3, -0.25) is 0 Å². The van der Waals surface area contributed by atoms with E-state index in [0.29, 0.717) is 11.0 Å². The molecule has 0 unspecified atom stereocenters. The van der Waals surface area contributed by atoms with E-state index in [1.165, 1.54) is 10.1 Å². The molecule has 0 saturated heterocycles. The molecule has 0 aliphatic carbocycles. The lowest BCUT2D eigenvalue weighted by molar-refractivity contribution is 1.23. The minimum Gasteiger partial charge on any atom is -0.228 e. The summed E-state index contributed by atoms with van der Waals surface area (Å²) in [5.74, 6) is 0.686. The maximum Gasteiger partial charge on any atom is 0.162 e. The molecule has 0 fully saturated rings. The second kappa shape index (κ2) is 5.19. The summed E-state index contributed by atoms with van der Waals surface area (Å²) in [5.41, 5.74) is 1.92. The van der Waals surface area contributed by atoms with Crippen LogP contribution in [0.15, 0.2) is 47.8 Å². The number of rotatable bonds is 1. The molecule has 0 atom stereocenters. The lowest BCUT2D eigenvalue weighted by Crippen LogP contribution is -1.91. The number of benzene rings is 2. The van der Waals surface area contributed by atoms with Crippen LogP contribution < -0.4 is 0 Å². The first-order chi connectivity index (χ1) is 10.2. The summed E-state index contributed by atoms with van der Waals surface area (Å²) in [6.45, 7) is 0. The largest absolute Gasteiger partial charge is 0.228 e. The number of hydrogen-bond donors (Lipinski definition) is 0. The van der Waals surface area contributed by atoms with Crippen LogP contribution in [0.25, 0.3) is 32.4 Å². The molecule has 2 heterocycles. The third-order valence-corrected chi connectivity index (χ3v) is 5.26. The first-order valence-electron chi connectivity index (χ1n) is 6.32. The zero-order valence-corrected chi connectivity index (χ0v) is 14.4. The third kappa shape index (κ3) is 2.31. The Kier molecular flexibility index (Phi) is 3.32. The molecule has 0 aliphatic rings. The molecular weight excluding hydrogens is 415 g/mol. The highest BCUT2D eigenvalue weighted by molar-refractivity contribution is 14.1. The van der Waals surface area contributed by atoms with Crippen LogP contribution in [-0.2, 0) is 0 Å². The maximum atomic E-state index is 6.35. The molecule has 0 spiro atoms. The molecule has 0 bridgehead atoms. The molecule has 21 heavy (non-hydrogen) atoms. The first kappa shape index (κ1) is 13.4. The molecule has 0 radical (unpaired) electrons. The Bertz CT molecular complexity index is 981. The number of fused-ring (bicyclic) bond motifs is 2. The third-order valence-electron chi connectivity index (χ3n) is 3.33. The summed E-state index contributed by atoms with van der Waals surface area (Å²) < 4.78 is 2.36. The van der Waals surface area contributed by atoms with Crippen LogP contribution >= 0.6 is 45.5 Å². The standard InChI is InChI=1S/C16H8ClIN2S/c17-15-11-7-9(18)5-6-13(11)19-16(20-15)12-8-21-14-4-2-1-3-10(12)14/h1-8H. The van der Waals surface area contributed by atoms with Gasteiger partial charge in [0, 0.05) is 30.0 Å². The summed E-state index contributed by atoms with van der Waals surface area (Å²) in [4.78, 5) is 9.17. The molecule has 0 N–H and O–H groups in total. The number of halogens is 2. The number of thiophene rings is 1. The lowest BCUT2D eigenvalue weighted by atomic mass is 10.1. The lowest BCUT2D eigenvalue weighted by Gasteiger charge is -2.04. The van der Waals surface area contributed by atoms with Crippen molar-refractivity contribution in [1.29, 1.82) is 0 Å². The second-order valence-electron chi connectivity index (χ2n) is 4.65. The average Bonchev–Trinajstić information content (AvgIpc) is 2.92. The van der Waals surface area contributed by atoms with Crippen LogP contribution in [-0.4, -0.2) is 9.97 Å². The average molecular weight is 423 g/mol. The van der Waals surface area contributed by atoms with Crippen molar-refractivity contribution in [3.05, 3.63) is 56.6 Å². The van der Waals surface area contributed by atoms with Gasteiger partial charge in [0.25, 0.3) is 0 Å². The zero-order valence-electron chi connectivity index (χ0n) is 10.7. The van der Waals surface area contributed by atoms with Gasteiger partial charge in [-0.05, 0) is 46.9 Å². The zero-order chi connectivity index (χ0) is 14.4. The predicted octanol–water partition coefficient (Wildman–Crippen LogP) is 5.77. The Morgan fingerprint density at radius 1 is 1.00 bits per heavy atom. The van der Waals surface area contributed by atoms with Gasteiger partial charge >= 0.3 is 0 Å². The van der Waals surface area contributed by atoms with Crippen LogP contribution in [0.4, 0.5) is 0 Å². The quantitative estimate of drug-likeness (QED) is 0.287. The highest BCUT2D eigenvalue weighted by atomic mass is 127. The smallest absolute Gasteiger partial charge is 0.162 e. The molecule has 0 saturated carbocycles. The first-order valence-corrected chi connectivity index (χ1v) is 8.65. The van der Waals surface area contributed by atoms with E-state index >= 15 is 0 Å². The summed E-state index contributed by atoms with van der Waals surface area (Å²) in [5, 5.41) is 4.66. The Morgan fingerprint density at radius 2 is 1.86 bits per heavy atom. The van der Waals surface area contributed by atoms with E-state index in [9.17, 15) is 0 Å². The van der Waals surface area contributed by atoms with Gasteiger partial charge in [0.05, 0.1) is 5.52 Å². The van der Waals surface area contributed by atoms with Crippen molar-refractivity contribution in [1.82, 2.24) is 9.97 Å². The van der Waals surface area contributed by atoms with E-state index in [-0.39, 0.29) is 0 Å². The minimum atomic E-state index is 0.504. The van der Waals surface area contributed by atoms with E-state index in [1.54, 1.807) is 11.3 Å². The molecule has 2 aromatic heterocycles. The predicted molar refractivity (Wildman–Crippen MR) is 98.1 cm³/mol. The molecular formula is C16H8ClIN2S. The van der Waals surface area contributed by atoms with Gasteiger partial charge in [-0.25, -0.2) is 9.97 Å². The van der Waals surface area contributed by atoms with Gasteiger partial charge in [0.2, 0.25) is 0 Å². The van der Waals surface area contributed by atoms with Crippen LogP contribution in [0.1, 0.15) is 0 Å². The van der Waals surface area contributed by atoms with E-state index in [4.69, 9.17) is 11.6 Å².